The summed E-state index contributed by atoms with van der Waals surface area (Å²) in [5.74, 6) is 0.703. The molecule has 6 nitrogen and oxygen atoms in total. The SMILES string of the molecule is O=C(NCCc1nc2ccccc2n1CC(=O)N1CCCc2ccccc21)c1cccc(Br)c1. The van der Waals surface area contributed by atoms with Crippen LogP contribution in [0.2, 0.25) is 0 Å². The van der Waals surface area contributed by atoms with Crippen LogP contribution in [0.5, 0.6) is 0 Å². The van der Waals surface area contributed by atoms with Crippen molar-refractivity contribution in [2.75, 3.05) is 18.0 Å². The van der Waals surface area contributed by atoms with Gasteiger partial charge in [-0.05, 0) is 54.8 Å². The number of aromatic nitrogens is 2. The number of rotatable bonds is 6. The van der Waals surface area contributed by atoms with Gasteiger partial charge in [-0.15, -0.1) is 0 Å². The lowest BCUT2D eigenvalue weighted by molar-refractivity contribution is -0.119. The summed E-state index contributed by atoms with van der Waals surface area (Å²) in [6.07, 6.45) is 2.48. The molecule has 0 unspecified atom stereocenters. The van der Waals surface area contributed by atoms with Gasteiger partial charge >= 0.3 is 0 Å². The van der Waals surface area contributed by atoms with E-state index in [9.17, 15) is 9.59 Å². The van der Waals surface area contributed by atoms with Crippen LogP contribution >= 0.6 is 15.9 Å². The second kappa shape index (κ2) is 9.81. The summed E-state index contributed by atoms with van der Waals surface area (Å²) in [7, 11) is 0. The normalized spacial score (nSPS) is 13.0. The highest BCUT2D eigenvalue weighted by Gasteiger charge is 2.24. The van der Waals surface area contributed by atoms with E-state index in [2.05, 4.69) is 27.3 Å². The minimum absolute atomic E-state index is 0.0507. The number of aryl methyl sites for hydroxylation is 1. The van der Waals surface area contributed by atoms with E-state index >= 15 is 0 Å². The Labute approximate surface area is 206 Å². The number of fused-ring (bicyclic) bond motifs is 2. The van der Waals surface area contributed by atoms with Crippen molar-refractivity contribution in [3.63, 3.8) is 0 Å². The first-order valence-electron chi connectivity index (χ1n) is 11.5. The number of nitrogens with one attached hydrogen (secondary N) is 1. The summed E-state index contributed by atoms with van der Waals surface area (Å²) < 4.78 is 2.85. The first-order valence-corrected chi connectivity index (χ1v) is 12.3. The summed E-state index contributed by atoms with van der Waals surface area (Å²) in [4.78, 5) is 32.6. The average Bonchev–Trinajstić information content (AvgIpc) is 3.20. The number of hydrogen-bond donors (Lipinski definition) is 1. The minimum atomic E-state index is -0.134. The molecule has 3 aromatic carbocycles. The summed E-state index contributed by atoms with van der Waals surface area (Å²) in [6, 6.07) is 23.3. The molecule has 1 aromatic heterocycles. The monoisotopic (exact) mass is 516 g/mol. The van der Waals surface area contributed by atoms with Crippen LogP contribution in [0.1, 0.15) is 28.2 Å². The number of anilines is 1. The van der Waals surface area contributed by atoms with E-state index in [4.69, 9.17) is 4.98 Å². The zero-order valence-electron chi connectivity index (χ0n) is 18.7. The van der Waals surface area contributed by atoms with E-state index in [1.807, 2.05) is 64.1 Å². The smallest absolute Gasteiger partial charge is 0.251 e. The molecule has 5 rings (SSSR count). The lowest BCUT2D eigenvalue weighted by Gasteiger charge is -2.29. The van der Waals surface area contributed by atoms with Gasteiger partial charge in [-0.3, -0.25) is 9.59 Å². The topological polar surface area (TPSA) is 67.2 Å². The molecule has 1 aliphatic rings. The number of imidazole rings is 1. The molecule has 0 radical (unpaired) electrons. The maximum atomic E-state index is 13.4. The molecule has 1 N–H and O–H groups in total. The molecular formula is C27H25BrN4O2. The fourth-order valence-corrected chi connectivity index (χ4v) is 4.92. The molecule has 0 spiro atoms. The summed E-state index contributed by atoms with van der Waals surface area (Å²) in [5, 5.41) is 2.97. The zero-order chi connectivity index (χ0) is 23.5. The Morgan fingerprint density at radius 1 is 1.00 bits per heavy atom. The van der Waals surface area contributed by atoms with Gasteiger partial charge < -0.3 is 14.8 Å². The van der Waals surface area contributed by atoms with E-state index in [1.54, 1.807) is 12.1 Å². The van der Waals surface area contributed by atoms with Gasteiger partial charge in [-0.25, -0.2) is 4.98 Å². The maximum absolute atomic E-state index is 13.4. The van der Waals surface area contributed by atoms with Crippen molar-refractivity contribution in [3.05, 3.63) is 94.2 Å². The third kappa shape index (κ3) is 4.61. The van der Waals surface area contributed by atoms with Crippen LogP contribution in [0.3, 0.4) is 0 Å². The molecule has 7 heteroatoms. The van der Waals surface area contributed by atoms with Crippen LogP contribution in [0.4, 0.5) is 5.69 Å². The average molecular weight is 517 g/mol. The number of para-hydroxylation sites is 3. The highest BCUT2D eigenvalue weighted by Crippen LogP contribution is 2.27. The van der Waals surface area contributed by atoms with Gasteiger partial charge in [0.05, 0.1) is 11.0 Å². The highest BCUT2D eigenvalue weighted by atomic mass is 79.9. The quantitative estimate of drug-likeness (QED) is 0.402. The zero-order valence-corrected chi connectivity index (χ0v) is 20.3. The fourth-order valence-electron chi connectivity index (χ4n) is 4.53. The van der Waals surface area contributed by atoms with Crippen molar-refractivity contribution in [2.24, 2.45) is 0 Å². The minimum Gasteiger partial charge on any atom is -0.352 e. The van der Waals surface area contributed by atoms with Crippen molar-refractivity contribution in [1.82, 2.24) is 14.9 Å². The molecule has 34 heavy (non-hydrogen) atoms. The van der Waals surface area contributed by atoms with E-state index in [-0.39, 0.29) is 18.4 Å². The number of amides is 2. The molecule has 1 aliphatic heterocycles. The van der Waals surface area contributed by atoms with E-state index < -0.39 is 0 Å². The van der Waals surface area contributed by atoms with Gasteiger partial charge in [-0.2, -0.15) is 0 Å². The molecule has 0 saturated carbocycles. The first kappa shape index (κ1) is 22.3. The number of halogens is 1. The molecule has 0 bridgehead atoms. The second-order valence-corrected chi connectivity index (χ2v) is 9.31. The van der Waals surface area contributed by atoms with Crippen LogP contribution in [0.25, 0.3) is 11.0 Å². The fraction of sp³-hybridized carbons (Fsp3) is 0.222. The van der Waals surface area contributed by atoms with E-state index in [1.165, 1.54) is 5.56 Å². The van der Waals surface area contributed by atoms with Crippen molar-refractivity contribution in [3.8, 4) is 0 Å². The van der Waals surface area contributed by atoms with Crippen LogP contribution < -0.4 is 10.2 Å². The van der Waals surface area contributed by atoms with Crippen LogP contribution in [-0.4, -0.2) is 34.5 Å². The number of carbonyl (C=O) groups is 2. The Morgan fingerprint density at radius 3 is 2.71 bits per heavy atom. The Hall–Kier alpha value is -3.45. The van der Waals surface area contributed by atoms with Crippen molar-refractivity contribution in [2.45, 2.75) is 25.8 Å². The highest BCUT2D eigenvalue weighted by molar-refractivity contribution is 9.10. The number of carbonyl (C=O) groups excluding carboxylic acids is 2. The first-order chi connectivity index (χ1) is 16.6. The second-order valence-electron chi connectivity index (χ2n) is 8.40. The van der Waals surface area contributed by atoms with Gasteiger partial charge in [0.15, 0.2) is 0 Å². The largest absolute Gasteiger partial charge is 0.352 e. The van der Waals surface area contributed by atoms with Crippen LogP contribution in [0, 0.1) is 0 Å². The van der Waals surface area contributed by atoms with E-state index in [0.29, 0.717) is 18.5 Å². The predicted octanol–water partition coefficient (Wildman–Crippen LogP) is 4.75. The summed E-state index contributed by atoms with van der Waals surface area (Å²) in [6.45, 7) is 1.36. The molecule has 0 aliphatic carbocycles. The van der Waals surface area contributed by atoms with Gasteiger partial charge in [0.1, 0.15) is 12.4 Å². The molecular weight excluding hydrogens is 492 g/mol. The lowest BCUT2D eigenvalue weighted by atomic mass is 10.0. The maximum Gasteiger partial charge on any atom is 0.251 e. The number of benzene rings is 3. The summed E-state index contributed by atoms with van der Waals surface area (Å²) >= 11 is 3.40. The third-order valence-corrected chi connectivity index (χ3v) is 6.65. The van der Waals surface area contributed by atoms with Gasteiger partial charge in [0, 0.05) is 35.2 Å². The molecule has 0 fully saturated rings. The Bertz CT molecular complexity index is 1360. The molecule has 0 atom stereocenters. The van der Waals surface area contributed by atoms with E-state index in [0.717, 1.165) is 46.4 Å². The van der Waals surface area contributed by atoms with Gasteiger partial charge in [0.25, 0.3) is 5.91 Å². The Morgan fingerprint density at radius 2 is 1.82 bits per heavy atom. The standard InChI is InChI=1S/C27H25BrN4O2/c28-21-10-5-8-20(17-21)27(34)29-15-14-25-30-22-11-2-4-13-24(22)32(25)18-26(33)31-16-6-9-19-7-1-3-12-23(19)31/h1-5,7-8,10-13,17H,6,9,14-16,18H2,(H,29,34). The lowest BCUT2D eigenvalue weighted by Crippen LogP contribution is -2.38. The molecule has 0 saturated heterocycles. The Balaban J connectivity index is 1.34. The Kier molecular flexibility index (Phi) is 6.45. The van der Waals surface area contributed by atoms with Crippen molar-refractivity contribution in [1.29, 1.82) is 0 Å². The number of nitrogens with zero attached hydrogens (tertiary/aromatic N) is 3. The van der Waals surface area contributed by atoms with Gasteiger partial charge in [-0.1, -0.05) is 52.3 Å². The molecule has 4 aromatic rings. The molecule has 2 heterocycles. The van der Waals surface area contributed by atoms with Crippen LogP contribution in [-0.2, 0) is 24.2 Å². The van der Waals surface area contributed by atoms with Crippen LogP contribution in [0.15, 0.2) is 77.3 Å². The summed E-state index contributed by atoms with van der Waals surface area (Å²) in [5.41, 5.74) is 4.60. The van der Waals surface area contributed by atoms with Gasteiger partial charge in [0.2, 0.25) is 5.91 Å². The molecule has 2 amide bonds. The van der Waals surface area contributed by atoms with Crippen molar-refractivity contribution < 1.29 is 9.59 Å². The third-order valence-electron chi connectivity index (χ3n) is 6.16. The predicted molar refractivity (Wildman–Crippen MR) is 137 cm³/mol. The van der Waals surface area contributed by atoms with Crippen molar-refractivity contribution >= 4 is 44.5 Å². The molecule has 172 valence electrons. The number of hydrogen-bond acceptors (Lipinski definition) is 3.